The first-order valence-corrected chi connectivity index (χ1v) is 8.79. The van der Waals surface area contributed by atoms with Gasteiger partial charge in [-0.2, -0.15) is 0 Å². The van der Waals surface area contributed by atoms with Crippen LogP contribution < -0.4 is 0 Å². The Morgan fingerprint density at radius 3 is 2.48 bits per heavy atom. The maximum atomic E-state index is 14.1. The zero-order valence-electron chi connectivity index (χ0n) is 14.2. The lowest BCUT2D eigenvalue weighted by Gasteiger charge is -2.19. The number of aryl methyl sites for hydroxylation is 2. The van der Waals surface area contributed by atoms with Gasteiger partial charge in [-0.15, -0.1) is 0 Å². The van der Waals surface area contributed by atoms with Crippen molar-refractivity contribution in [3.63, 3.8) is 0 Å². The van der Waals surface area contributed by atoms with Crippen molar-refractivity contribution >= 4 is 5.57 Å². The molecule has 2 aromatic rings. The van der Waals surface area contributed by atoms with Gasteiger partial charge < -0.3 is 0 Å². The average molecular weight is 308 g/mol. The average Bonchev–Trinajstić information content (AvgIpc) is 2.59. The third kappa shape index (κ3) is 3.55. The molecule has 120 valence electrons. The first kappa shape index (κ1) is 16.0. The van der Waals surface area contributed by atoms with Crippen molar-refractivity contribution in [2.75, 3.05) is 0 Å². The molecule has 0 unspecified atom stereocenters. The van der Waals surface area contributed by atoms with E-state index in [1.807, 2.05) is 13.0 Å². The molecule has 0 aliphatic heterocycles. The number of benzene rings is 2. The van der Waals surface area contributed by atoms with Gasteiger partial charge in [0.15, 0.2) is 0 Å². The lowest BCUT2D eigenvalue weighted by molar-refractivity contribution is 0.609. The van der Waals surface area contributed by atoms with Crippen LogP contribution in [0.4, 0.5) is 4.39 Å². The Bertz CT molecular complexity index is 707. The van der Waals surface area contributed by atoms with Gasteiger partial charge in [-0.3, -0.25) is 0 Å². The Morgan fingerprint density at radius 2 is 1.78 bits per heavy atom. The second-order valence-corrected chi connectivity index (χ2v) is 6.48. The van der Waals surface area contributed by atoms with Crippen molar-refractivity contribution in [2.24, 2.45) is 0 Å². The van der Waals surface area contributed by atoms with Crippen LogP contribution in [0.3, 0.4) is 0 Å². The van der Waals surface area contributed by atoms with E-state index in [9.17, 15) is 4.39 Å². The van der Waals surface area contributed by atoms with Crippen LogP contribution in [0.5, 0.6) is 0 Å². The summed E-state index contributed by atoms with van der Waals surface area (Å²) in [5.41, 5.74) is 7.27. The highest BCUT2D eigenvalue weighted by Gasteiger charge is 2.15. The molecule has 0 saturated heterocycles. The topological polar surface area (TPSA) is 0 Å². The van der Waals surface area contributed by atoms with Crippen LogP contribution in [-0.4, -0.2) is 0 Å². The van der Waals surface area contributed by atoms with Crippen molar-refractivity contribution < 1.29 is 4.39 Å². The summed E-state index contributed by atoms with van der Waals surface area (Å²) < 4.78 is 14.1. The quantitative estimate of drug-likeness (QED) is 0.644. The number of halogens is 1. The summed E-state index contributed by atoms with van der Waals surface area (Å²) in [5, 5.41) is 0. The Morgan fingerprint density at radius 1 is 1.00 bits per heavy atom. The molecule has 0 spiro atoms. The lowest BCUT2D eigenvalue weighted by atomic mass is 9.86. The molecule has 23 heavy (non-hydrogen) atoms. The van der Waals surface area contributed by atoms with Crippen molar-refractivity contribution in [1.82, 2.24) is 0 Å². The van der Waals surface area contributed by atoms with Gasteiger partial charge in [0, 0.05) is 0 Å². The van der Waals surface area contributed by atoms with Crippen LogP contribution in [0.25, 0.3) is 5.57 Å². The van der Waals surface area contributed by atoms with Crippen LogP contribution >= 0.6 is 0 Å². The zero-order chi connectivity index (χ0) is 16.2. The molecule has 0 heterocycles. The number of fused-ring (bicyclic) bond motifs is 1. The standard InChI is InChI=1S/C22H25F/c1-3-5-6-16-7-9-18(10-8-16)19-11-12-20-13-17(4-2)22(23)15-21(20)14-19/h7-11,13,15H,3-6,12,14H2,1-2H3. The van der Waals surface area contributed by atoms with Crippen molar-refractivity contribution in [3.8, 4) is 0 Å². The molecule has 1 aliphatic rings. The van der Waals surface area contributed by atoms with E-state index in [0.717, 1.165) is 36.8 Å². The van der Waals surface area contributed by atoms with Gasteiger partial charge in [-0.1, -0.05) is 56.7 Å². The molecule has 3 rings (SSSR count). The molecule has 0 fully saturated rings. The monoisotopic (exact) mass is 308 g/mol. The Hall–Kier alpha value is -1.89. The molecular formula is C22H25F. The first-order chi connectivity index (χ1) is 11.2. The largest absolute Gasteiger partial charge is 0.207 e. The minimum absolute atomic E-state index is 0.0533. The summed E-state index contributed by atoms with van der Waals surface area (Å²) in [6.45, 7) is 4.23. The van der Waals surface area contributed by atoms with Crippen molar-refractivity contribution in [2.45, 2.75) is 52.4 Å². The second-order valence-electron chi connectivity index (χ2n) is 6.48. The number of hydrogen-bond acceptors (Lipinski definition) is 0. The van der Waals surface area contributed by atoms with Gasteiger partial charge in [-0.05, 0) is 71.6 Å². The van der Waals surface area contributed by atoms with Crippen molar-refractivity contribution in [3.05, 3.63) is 76.1 Å². The highest BCUT2D eigenvalue weighted by molar-refractivity contribution is 5.70. The molecule has 0 atom stereocenters. The van der Waals surface area contributed by atoms with Crippen LogP contribution in [-0.2, 0) is 25.7 Å². The fraction of sp³-hybridized carbons (Fsp3) is 0.364. The third-order valence-corrected chi connectivity index (χ3v) is 4.84. The predicted molar refractivity (Wildman–Crippen MR) is 96.2 cm³/mol. The highest BCUT2D eigenvalue weighted by Crippen LogP contribution is 2.29. The smallest absolute Gasteiger partial charge is 0.126 e. The molecule has 1 aliphatic carbocycles. The molecule has 0 amide bonds. The molecule has 0 bridgehead atoms. The first-order valence-electron chi connectivity index (χ1n) is 8.79. The molecule has 0 saturated carbocycles. The predicted octanol–water partition coefficient (Wildman–Crippen LogP) is 5.91. The van der Waals surface area contributed by atoms with Crippen LogP contribution in [0.15, 0.2) is 42.5 Å². The van der Waals surface area contributed by atoms with E-state index < -0.39 is 0 Å². The van der Waals surface area contributed by atoms with Crippen LogP contribution in [0, 0.1) is 5.82 Å². The highest BCUT2D eigenvalue weighted by atomic mass is 19.1. The molecule has 0 N–H and O–H groups in total. The van der Waals surface area contributed by atoms with E-state index in [1.54, 1.807) is 6.07 Å². The number of unbranched alkanes of at least 4 members (excludes halogenated alkanes) is 1. The Balaban J connectivity index is 1.79. The lowest BCUT2D eigenvalue weighted by Crippen LogP contribution is -2.05. The summed E-state index contributed by atoms with van der Waals surface area (Å²) in [6.07, 6.45) is 8.45. The summed E-state index contributed by atoms with van der Waals surface area (Å²) in [5.74, 6) is -0.0533. The van der Waals surface area contributed by atoms with E-state index in [4.69, 9.17) is 0 Å². The van der Waals surface area contributed by atoms with Gasteiger partial charge in [0.1, 0.15) is 5.82 Å². The fourth-order valence-corrected chi connectivity index (χ4v) is 3.33. The van der Waals surface area contributed by atoms with Gasteiger partial charge in [-0.25, -0.2) is 4.39 Å². The SMILES string of the molecule is CCCCc1ccc(C2=CCc3cc(CC)c(F)cc3C2)cc1. The van der Waals surface area contributed by atoms with E-state index in [0.29, 0.717) is 0 Å². The summed E-state index contributed by atoms with van der Waals surface area (Å²) in [6, 6.07) is 12.7. The molecular weight excluding hydrogens is 283 g/mol. The minimum Gasteiger partial charge on any atom is -0.207 e. The molecule has 2 aromatic carbocycles. The van der Waals surface area contributed by atoms with E-state index >= 15 is 0 Å². The van der Waals surface area contributed by atoms with E-state index in [-0.39, 0.29) is 5.82 Å². The van der Waals surface area contributed by atoms with Gasteiger partial charge in [0.05, 0.1) is 0 Å². The molecule has 0 radical (unpaired) electrons. The van der Waals surface area contributed by atoms with E-state index in [2.05, 4.69) is 37.3 Å². The third-order valence-electron chi connectivity index (χ3n) is 4.84. The Labute approximate surface area is 139 Å². The second kappa shape index (κ2) is 7.12. The van der Waals surface area contributed by atoms with Crippen molar-refractivity contribution in [1.29, 1.82) is 0 Å². The minimum atomic E-state index is -0.0533. The summed E-state index contributed by atoms with van der Waals surface area (Å²) in [4.78, 5) is 0. The normalized spacial score (nSPS) is 13.6. The Kier molecular flexibility index (Phi) is 4.95. The van der Waals surface area contributed by atoms with Gasteiger partial charge in [0.2, 0.25) is 0 Å². The van der Waals surface area contributed by atoms with E-state index in [1.165, 1.54) is 35.1 Å². The molecule has 1 heteroatoms. The maximum absolute atomic E-state index is 14.1. The summed E-state index contributed by atoms with van der Waals surface area (Å²) >= 11 is 0. The fourth-order valence-electron chi connectivity index (χ4n) is 3.33. The number of hydrogen-bond donors (Lipinski definition) is 0. The zero-order valence-corrected chi connectivity index (χ0v) is 14.2. The number of rotatable bonds is 5. The van der Waals surface area contributed by atoms with Crippen LogP contribution in [0.1, 0.15) is 54.5 Å². The van der Waals surface area contributed by atoms with Crippen LogP contribution in [0.2, 0.25) is 0 Å². The van der Waals surface area contributed by atoms with Gasteiger partial charge in [0.25, 0.3) is 0 Å². The summed E-state index contributed by atoms with van der Waals surface area (Å²) in [7, 11) is 0. The number of allylic oxidation sites excluding steroid dienone is 2. The molecule has 0 aromatic heterocycles. The van der Waals surface area contributed by atoms with Gasteiger partial charge >= 0.3 is 0 Å². The molecule has 0 nitrogen and oxygen atoms in total. The maximum Gasteiger partial charge on any atom is 0.126 e.